The zero-order chi connectivity index (χ0) is 30.1. The van der Waals surface area contributed by atoms with Crippen molar-refractivity contribution in [3.8, 4) is 0 Å². The molecule has 0 radical (unpaired) electrons. The van der Waals surface area contributed by atoms with Crippen molar-refractivity contribution in [2.45, 2.75) is 27.2 Å². The molecule has 0 aliphatic heterocycles. The third kappa shape index (κ3) is 5.24. The molecule has 1 aliphatic rings. The number of aromatic nitrogens is 4. The minimum absolute atomic E-state index is 0.0218. The van der Waals surface area contributed by atoms with Crippen LogP contribution in [-0.2, 0) is 4.79 Å². The number of nitrogens with one attached hydrogen (secondary N) is 1. The lowest BCUT2D eigenvalue weighted by atomic mass is 10.0. The van der Waals surface area contributed by atoms with E-state index < -0.39 is 10.5 Å². The van der Waals surface area contributed by atoms with Gasteiger partial charge in [0.2, 0.25) is 0 Å². The van der Waals surface area contributed by atoms with E-state index in [1.807, 2.05) is 19.9 Å². The molecule has 0 bridgehead atoms. The molecule has 9 nitrogen and oxygen atoms in total. The van der Waals surface area contributed by atoms with Gasteiger partial charge in [0.25, 0.3) is 10.5 Å². The maximum atomic E-state index is 11.8. The highest BCUT2D eigenvalue weighted by Gasteiger charge is 2.21. The van der Waals surface area contributed by atoms with Crippen LogP contribution in [0, 0.1) is 0 Å². The number of benzene rings is 3. The number of rotatable bonds is 5. The average Bonchev–Trinajstić information content (AvgIpc) is 3.00. The fourth-order valence-electron chi connectivity index (χ4n) is 4.62. The van der Waals surface area contributed by atoms with Crippen LogP contribution in [0.1, 0.15) is 47.9 Å². The zero-order valence-corrected chi connectivity index (χ0v) is 24.6. The van der Waals surface area contributed by atoms with E-state index in [1.165, 1.54) is 6.92 Å². The molecule has 11 heteroatoms. The molecule has 0 saturated carbocycles. The number of carbonyl (C=O) groups excluding carboxylic acids is 3. The van der Waals surface area contributed by atoms with E-state index in [1.54, 1.807) is 55.6 Å². The van der Waals surface area contributed by atoms with Crippen LogP contribution < -0.4 is 5.32 Å². The fourth-order valence-corrected chi connectivity index (χ4v) is 4.86. The number of hydrogen-bond donors (Lipinski definition) is 1. The first-order chi connectivity index (χ1) is 20.2. The van der Waals surface area contributed by atoms with Gasteiger partial charge in [-0.2, -0.15) is 0 Å². The number of halogens is 2. The molecule has 3 aromatic carbocycles. The number of ketones is 1. The van der Waals surface area contributed by atoms with Crippen LogP contribution in [-0.4, -0.2) is 49.0 Å². The molecule has 1 N–H and O–H groups in total. The highest BCUT2D eigenvalue weighted by molar-refractivity contribution is 6.68. The van der Waals surface area contributed by atoms with Crippen LogP contribution in [0.15, 0.2) is 65.2 Å². The predicted octanol–water partition coefficient (Wildman–Crippen LogP) is 7.25. The molecular formula is C31H24Cl2N6O3. The number of carbonyl (C=O) groups is 3. The van der Waals surface area contributed by atoms with E-state index in [0.29, 0.717) is 78.8 Å². The van der Waals surface area contributed by atoms with Gasteiger partial charge in [-0.15, -0.1) is 0 Å². The van der Waals surface area contributed by atoms with Crippen LogP contribution in [0.3, 0.4) is 0 Å². The van der Waals surface area contributed by atoms with E-state index in [2.05, 4.69) is 5.32 Å². The summed E-state index contributed by atoms with van der Waals surface area (Å²) in [6.45, 7) is 5.52. The second kappa shape index (κ2) is 11.7. The number of nitrogens with zero attached hydrogens (tertiary/aromatic N) is 5. The van der Waals surface area contributed by atoms with Gasteiger partial charge in [-0.25, -0.2) is 24.9 Å². The van der Waals surface area contributed by atoms with Crippen LogP contribution in [0.2, 0.25) is 0 Å². The lowest BCUT2D eigenvalue weighted by molar-refractivity contribution is -0.113. The first kappa shape index (κ1) is 28.9. The highest BCUT2D eigenvalue weighted by Crippen LogP contribution is 2.41. The molecular weight excluding hydrogens is 575 g/mol. The van der Waals surface area contributed by atoms with Crippen LogP contribution in [0.25, 0.3) is 44.1 Å². The molecule has 0 atom stereocenters. The number of allylic oxidation sites excluding steroid dienone is 4. The molecule has 0 fully saturated rings. The standard InChI is InChI=1S/C29H18Cl2N6O3.C2H6/c1-13(38)14-3-7-17(8-4-14)33-23-22(32-2)24-26(35-18-9-5-15(28(30)39)11-20(18)36-24)27-25(23)34-19-10-6-16(29(31)40)12-21(19)37-27;1-2/h3-7,9-12,32H,8H2,1-2H3;1-2H3. The number of fused-ring (bicyclic) bond motifs is 5. The molecule has 0 saturated heterocycles. The Balaban J connectivity index is 0.00000173. The Kier molecular flexibility index (Phi) is 8.06. The van der Waals surface area contributed by atoms with E-state index >= 15 is 0 Å². The summed E-state index contributed by atoms with van der Waals surface area (Å²) in [6.07, 6.45) is 5.80. The lowest BCUT2D eigenvalue weighted by Crippen LogP contribution is -2.04. The number of hydrogen-bond acceptors (Lipinski definition) is 9. The van der Waals surface area contributed by atoms with Crippen molar-refractivity contribution in [2.24, 2.45) is 4.99 Å². The van der Waals surface area contributed by atoms with Crippen molar-refractivity contribution < 1.29 is 14.4 Å². The predicted molar refractivity (Wildman–Crippen MR) is 169 cm³/mol. The Morgan fingerprint density at radius 1 is 0.762 bits per heavy atom. The molecule has 42 heavy (non-hydrogen) atoms. The quantitative estimate of drug-likeness (QED) is 0.127. The summed E-state index contributed by atoms with van der Waals surface area (Å²) in [4.78, 5) is 59.7. The number of Topliss-reactive ketones (excluding diaryl/α,β-unsaturated/α-hetero) is 1. The maximum Gasteiger partial charge on any atom is 0.252 e. The summed E-state index contributed by atoms with van der Waals surface area (Å²) in [5, 5.41) is 1.98. The minimum Gasteiger partial charge on any atom is -0.384 e. The molecule has 2 aromatic heterocycles. The Morgan fingerprint density at radius 2 is 1.29 bits per heavy atom. The number of aliphatic imine (C=N–C) groups is 1. The molecule has 0 amide bonds. The van der Waals surface area contributed by atoms with E-state index in [4.69, 9.17) is 48.1 Å². The van der Waals surface area contributed by atoms with Gasteiger partial charge in [-0.05, 0) is 78.7 Å². The summed E-state index contributed by atoms with van der Waals surface area (Å²) in [7, 11) is 1.74. The van der Waals surface area contributed by atoms with Crippen molar-refractivity contribution in [3.63, 3.8) is 0 Å². The summed E-state index contributed by atoms with van der Waals surface area (Å²) in [6, 6.07) is 9.67. The molecule has 1 aliphatic carbocycles. The van der Waals surface area contributed by atoms with Crippen molar-refractivity contribution in [2.75, 3.05) is 12.4 Å². The van der Waals surface area contributed by atoms with Gasteiger partial charge in [0.05, 0.1) is 27.8 Å². The van der Waals surface area contributed by atoms with Crippen molar-refractivity contribution in [1.82, 2.24) is 19.9 Å². The van der Waals surface area contributed by atoms with Crippen molar-refractivity contribution in [1.29, 1.82) is 0 Å². The molecule has 0 spiro atoms. The van der Waals surface area contributed by atoms with Crippen LogP contribution in [0.5, 0.6) is 0 Å². The third-order valence-electron chi connectivity index (χ3n) is 6.60. The zero-order valence-electron chi connectivity index (χ0n) is 23.1. The highest BCUT2D eigenvalue weighted by atomic mass is 35.5. The summed E-state index contributed by atoms with van der Waals surface area (Å²) < 4.78 is 0. The molecule has 2 heterocycles. The van der Waals surface area contributed by atoms with Gasteiger partial charge >= 0.3 is 0 Å². The Labute approximate surface area is 250 Å². The van der Waals surface area contributed by atoms with Gasteiger partial charge in [0.1, 0.15) is 27.8 Å². The molecule has 6 rings (SSSR count). The van der Waals surface area contributed by atoms with E-state index in [9.17, 15) is 14.4 Å². The monoisotopic (exact) mass is 598 g/mol. The van der Waals surface area contributed by atoms with E-state index in [0.717, 1.165) is 0 Å². The minimum atomic E-state index is -0.608. The first-order valence-corrected chi connectivity index (χ1v) is 13.9. The van der Waals surface area contributed by atoms with Gasteiger partial charge in [0, 0.05) is 35.9 Å². The van der Waals surface area contributed by atoms with Gasteiger partial charge < -0.3 is 5.32 Å². The van der Waals surface area contributed by atoms with Crippen LogP contribution >= 0.6 is 23.2 Å². The summed E-state index contributed by atoms with van der Waals surface area (Å²) in [5.74, 6) is -0.0218. The van der Waals surface area contributed by atoms with Gasteiger partial charge in [-0.1, -0.05) is 19.9 Å². The Morgan fingerprint density at radius 3 is 1.79 bits per heavy atom. The molecule has 210 valence electrons. The summed E-state index contributed by atoms with van der Waals surface area (Å²) in [5.41, 5.74) is 6.72. The second-order valence-corrected chi connectivity index (χ2v) is 9.81. The van der Waals surface area contributed by atoms with Gasteiger partial charge in [0.15, 0.2) is 5.78 Å². The van der Waals surface area contributed by atoms with E-state index in [-0.39, 0.29) is 11.3 Å². The largest absolute Gasteiger partial charge is 0.384 e. The van der Waals surface area contributed by atoms with Crippen LogP contribution in [0.4, 0.5) is 11.4 Å². The van der Waals surface area contributed by atoms with Gasteiger partial charge in [-0.3, -0.25) is 14.4 Å². The number of anilines is 1. The lowest BCUT2D eigenvalue weighted by Gasteiger charge is -2.15. The maximum absolute atomic E-state index is 11.8. The molecule has 5 aromatic rings. The Hall–Kier alpha value is -4.60. The van der Waals surface area contributed by atoms with Crippen molar-refractivity contribution >= 4 is 101 Å². The normalized spacial score (nSPS) is 13.8. The second-order valence-electron chi connectivity index (χ2n) is 9.13. The third-order valence-corrected chi connectivity index (χ3v) is 7.04. The van der Waals surface area contributed by atoms with Crippen molar-refractivity contribution in [3.05, 3.63) is 71.3 Å². The Bertz CT molecular complexity index is 2070. The fraction of sp³-hybridized carbons (Fsp3) is 0.161. The molecule has 0 unspecified atom stereocenters. The SMILES string of the molecule is CC.CNc1c(N=C2C=CC(C(C)=O)=CC2)c2nc3ccc(C(=O)Cl)cc3nc2c2nc3ccc(C(=O)Cl)cc3nc12. The topological polar surface area (TPSA) is 127 Å². The summed E-state index contributed by atoms with van der Waals surface area (Å²) >= 11 is 11.4. The smallest absolute Gasteiger partial charge is 0.252 e. The first-order valence-electron chi connectivity index (χ1n) is 13.2. The average molecular weight is 599 g/mol.